The van der Waals surface area contributed by atoms with Crippen LogP contribution in [0.3, 0.4) is 0 Å². The van der Waals surface area contributed by atoms with Crippen LogP contribution in [0.5, 0.6) is 0 Å². The summed E-state index contributed by atoms with van der Waals surface area (Å²) in [7, 11) is 0. The molecule has 0 saturated heterocycles. The van der Waals surface area contributed by atoms with Crippen LogP contribution in [0, 0.1) is 13.8 Å². The molecule has 1 amide bonds. The fourth-order valence-electron chi connectivity index (χ4n) is 3.62. The van der Waals surface area contributed by atoms with Crippen molar-refractivity contribution in [1.29, 1.82) is 0 Å². The van der Waals surface area contributed by atoms with Gasteiger partial charge in [0.15, 0.2) is 16.5 Å². The Balaban J connectivity index is 1.28. The summed E-state index contributed by atoms with van der Waals surface area (Å²) in [5, 5.41) is 6.74. The van der Waals surface area contributed by atoms with Gasteiger partial charge in [-0.15, -0.1) is 0 Å². The van der Waals surface area contributed by atoms with Crippen molar-refractivity contribution in [2.24, 2.45) is 0 Å². The number of benzene rings is 3. The number of hydrogen-bond donors (Lipinski definition) is 2. The van der Waals surface area contributed by atoms with E-state index in [1.54, 1.807) is 48.5 Å². The number of fused-ring (bicyclic) bond motifs is 1. The largest absolute Gasteiger partial charge is 0.451 e. The first-order valence-electron chi connectivity index (χ1n) is 10.9. The molecule has 9 heteroatoms. The molecule has 0 atom stereocenters. The number of anilines is 1. The van der Waals surface area contributed by atoms with Gasteiger partial charge in [0.2, 0.25) is 5.89 Å². The first-order valence-corrected chi connectivity index (χ1v) is 12.1. The fraction of sp³-hybridized carbons (Fsp3) is 0.0741. The van der Waals surface area contributed by atoms with Gasteiger partial charge in [-0.05, 0) is 91.8 Å². The van der Waals surface area contributed by atoms with Crippen molar-refractivity contribution in [1.82, 2.24) is 10.3 Å². The third-order valence-corrected chi connectivity index (χ3v) is 6.42. The first-order chi connectivity index (χ1) is 17.3. The molecule has 36 heavy (non-hydrogen) atoms. The van der Waals surface area contributed by atoms with E-state index in [9.17, 15) is 4.79 Å². The molecule has 0 spiro atoms. The number of thiocarbonyl (C=S) groups is 1. The van der Waals surface area contributed by atoms with Crippen LogP contribution < -0.4 is 10.6 Å². The van der Waals surface area contributed by atoms with Gasteiger partial charge in [-0.3, -0.25) is 10.1 Å². The molecule has 0 fully saturated rings. The predicted octanol–water partition coefficient (Wildman–Crippen LogP) is 7.81. The zero-order valence-corrected chi connectivity index (χ0v) is 21.5. The van der Waals surface area contributed by atoms with Crippen LogP contribution in [0.4, 0.5) is 5.69 Å². The number of oxazole rings is 1. The standard InChI is InChI=1S/C27H19Cl2N3O3S/c1-14-3-4-16(11-15(14)2)22-9-10-24(34-22)25(33)32-27(36)30-18-6-8-23-21(13-18)31-26(35-23)19-12-17(28)5-7-20(19)29/h3-13H,1-2H3,(H2,30,32,33,36). The topological polar surface area (TPSA) is 80.3 Å². The van der Waals surface area contributed by atoms with Crippen molar-refractivity contribution in [3.05, 3.63) is 93.7 Å². The van der Waals surface area contributed by atoms with E-state index >= 15 is 0 Å². The lowest BCUT2D eigenvalue weighted by atomic mass is 10.1. The minimum atomic E-state index is -0.456. The predicted molar refractivity (Wildman–Crippen MR) is 147 cm³/mol. The van der Waals surface area contributed by atoms with E-state index in [0.717, 1.165) is 11.1 Å². The molecule has 2 N–H and O–H groups in total. The average Bonchev–Trinajstić information content (AvgIpc) is 3.50. The van der Waals surface area contributed by atoms with E-state index in [1.807, 2.05) is 32.0 Å². The summed E-state index contributed by atoms with van der Waals surface area (Å²) in [5.74, 6) is 0.655. The summed E-state index contributed by atoms with van der Waals surface area (Å²) >= 11 is 17.7. The molecule has 0 aliphatic rings. The van der Waals surface area contributed by atoms with E-state index < -0.39 is 5.91 Å². The maximum Gasteiger partial charge on any atom is 0.293 e. The smallest absolute Gasteiger partial charge is 0.293 e. The van der Waals surface area contributed by atoms with Crippen LogP contribution in [0.15, 0.2) is 75.6 Å². The molecule has 0 bridgehead atoms. The number of hydrogen-bond acceptors (Lipinski definition) is 5. The zero-order valence-electron chi connectivity index (χ0n) is 19.2. The molecule has 0 unspecified atom stereocenters. The molecule has 3 aromatic carbocycles. The average molecular weight is 536 g/mol. The number of carbonyl (C=O) groups is 1. The Morgan fingerprint density at radius 3 is 2.56 bits per heavy atom. The molecule has 2 aromatic heterocycles. The lowest BCUT2D eigenvalue weighted by Crippen LogP contribution is -2.33. The van der Waals surface area contributed by atoms with Crippen molar-refractivity contribution in [2.75, 3.05) is 5.32 Å². The van der Waals surface area contributed by atoms with Gasteiger partial charge in [-0.2, -0.15) is 0 Å². The van der Waals surface area contributed by atoms with Crippen LogP contribution >= 0.6 is 35.4 Å². The summed E-state index contributed by atoms with van der Waals surface area (Å²) in [5.41, 5.74) is 5.61. The maximum absolute atomic E-state index is 12.7. The van der Waals surface area contributed by atoms with Gasteiger partial charge in [-0.1, -0.05) is 35.3 Å². The molecular weight excluding hydrogens is 517 g/mol. The van der Waals surface area contributed by atoms with E-state index in [0.29, 0.717) is 44.0 Å². The Labute approximate surface area is 222 Å². The normalized spacial score (nSPS) is 11.0. The third kappa shape index (κ3) is 4.99. The van der Waals surface area contributed by atoms with Crippen LogP contribution in [0.25, 0.3) is 33.9 Å². The van der Waals surface area contributed by atoms with Crippen molar-refractivity contribution >= 4 is 63.2 Å². The molecule has 0 aliphatic heterocycles. The van der Waals surface area contributed by atoms with Crippen molar-refractivity contribution in [3.63, 3.8) is 0 Å². The number of carbonyl (C=O) groups excluding carboxylic acids is 1. The van der Waals surface area contributed by atoms with Crippen LogP contribution in [-0.4, -0.2) is 16.0 Å². The van der Waals surface area contributed by atoms with E-state index in [2.05, 4.69) is 15.6 Å². The van der Waals surface area contributed by atoms with Gasteiger partial charge in [0.05, 0.1) is 10.6 Å². The first kappa shape index (κ1) is 24.1. The molecule has 0 aliphatic carbocycles. The molecule has 5 aromatic rings. The Bertz CT molecular complexity index is 1640. The Morgan fingerprint density at radius 2 is 1.75 bits per heavy atom. The Hall–Kier alpha value is -3.65. The number of halogens is 2. The highest BCUT2D eigenvalue weighted by Gasteiger charge is 2.16. The number of amides is 1. The second kappa shape index (κ2) is 9.78. The highest BCUT2D eigenvalue weighted by molar-refractivity contribution is 7.80. The summed E-state index contributed by atoms with van der Waals surface area (Å²) in [6.45, 7) is 4.07. The molecule has 2 heterocycles. The quantitative estimate of drug-likeness (QED) is 0.228. The molecular formula is C27H19Cl2N3O3S. The monoisotopic (exact) mass is 535 g/mol. The van der Waals surface area contributed by atoms with E-state index in [-0.39, 0.29) is 10.9 Å². The van der Waals surface area contributed by atoms with Crippen molar-refractivity contribution in [2.45, 2.75) is 13.8 Å². The number of rotatable bonds is 4. The maximum atomic E-state index is 12.7. The number of aryl methyl sites for hydroxylation is 2. The summed E-state index contributed by atoms with van der Waals surface area (Å²) in [4.78, 5) is 17.2. The van der Waals surface area contributed by atoms with Gasteiger partial charge < -0.3 is 14.2 Å². The third-order valence-electron chi connectivity index (χ3n) is 5.65. The molecule has 0 saturated carbocycles. The van der Waals surface area contributed by atoms with Crippen molar-refractivity contribution in [3.8, 4) is 22.8 Å². The number of furan rings is 1. The Morgan fingerprint density at radius 1 is 0.917 bits per heavy atom. The van der Waals surface area contributed by atoms with Crippen molar-refractivity contribution < 1.29 is 13.6 Å². The molecule has 6 nitrogen and oxygen atoms in total. The summed E-state index contributed by atoms with van der Waals surface area (Å²) in [6, 6.07) is 19.7. The zero-order chi connectivity index (χ0) is 25.4. The Kier molecular flexibility index (Phi) is 6.53. The fourth-order valence-corrected chi connectivity index (χ4v) is 4.20. The summed E-state index contributed by atoms with van der Waals surface area (Å²) < 4.78 is 11.6. The highest BCUT2D eigenvalue weighted by atomic mass is 35.5. The minimum absolute atomic E-state index is 0.116. The molecule has 0 radical (unpaired) electrons. The van der Waals surface area contributed by atoms with Gasteiger partial charge in [0.25, 0.3) is 5.91 Å². The van der Waals surface area contributed by atoms with Gasteiger partial charge in [-0.25, -0.2) is 4.98 Å². The lowest BCUT2D eigenvalue weighted by molar-refractivity contribution is 0.0951. The SMILES string of the molecule is Cc1ccc(-c2ccc(C(=O)NC(=S)Nc3ccc4oc(-c5cc(Cl)ccc5Cl)nc4c3)o2)cc1C. The highest BCUT2D eigenvalue weighted by Crippen LogP contribution is 2.33. The number of nitrogens with one attached hydrogen (secondary N) is 2. The van der Waals surface area contributed by atoms with Crippen LogP contribution in [0.2, 0.25) is 10.0 Å². The van der Waals surface area contributed by atoms with E-state index in [1.165, 1.54) is 5.56 Å². The minimum Gasteiger partial charge on any atom is -0.451 e. The van der Waals surface area contributed by atoms with Gasteiger partial charge in [0, 0.05) is 16.3 Å². The van der Waals surface area contributed by atoms with Gasteiger partial charge >= 0.3 is 0 Å². The van der Waals surface area contributed by atoms with Gasteiger partial charge in [0.1, 0.15) is 11.3 Å². The number of nitrogens with zero attached hydrogens (tertiary/aromatic N) is 1. The molecule has 180 valence electrons. The summed E-state index contributed by atoms with van der Waals surface area (Å²) in [6.07, 6.45) is 0. The molecule has 5 rings (SSSR count). The van der Waals surface area contributed by atoms with E-state index in [4.69, 9.17) is 44.3 Å². The number of aromatic nitrogens is 1. The second-order valence-electron chi connectivity index (χ2n) is 8.20. The lowest BCUT2D eigenvalue weighted by Gasteiger charge is -2.08. The second-order valence-corrected chi connectivity index (χ2v) is 9.45. The van der Waals surface area contributed by atoms with Crippen LogP contribution in [0.1, 0.15) is 21.7 Å². The van der Waals surface area contributed by atoms with Crippen LogP contribution in [-0.2, 0) is 0 Å².